The molecule has 0 aromatic heterocycles. The van der Waals surface area contributed by atoms with Crippen molar-refractivity contribution in [2.24, 2.45) is 0 Å². The molecule has 1 aromatic rings. The van der Waals surface area contributed by atoms with Crippen LogP contribution in [0.15, 0.2) is 22.7 Å². The molecule has 1 atom stereocenters. The number of carbonyl (C=O) groups excluding carboxylic acids is 1. The van der Waals surface area contributed by atoms with Crippen LogP contribution in [-0.4, -0.2) is 33.5 Å². The number of hydrogen-bond donors (Lipinski definition) is 2. The van der Waals surface area contributed by atoms with Gasteiger partial charge < -0.3 is 15.2 Å². The number of nitrogens with one attached hydrogen (secondary N) is 1. The summed E-state index contributed by atoms with van der Waals surface area (Å²) in [5.74, 6) is -0.442. The van der Waals surface area contributed by atoms with Gasteiger partial charge in [0.2, 0.25) is 3.79 Å². The summed E-state index contributed by atoms with van der Waals surface area (Å²) >= 11 is 26.0. The lowest BCUT2D eigenvalue weighted by Crippen LogP contribution is -2.46. The van der Waals surface area contributed by atoms with Gasteiger partial charge in [0, 0.05) is 10.4 Å². The minimum Gasteiger partial charge on any atom is -0.507 e. The van der Waals surface area contributed by atoms with Crippen molar-refractivity contribution in [3.8, 4) is 5.75 Å². The summed E-state index contributed by atoms with van der Waals surface area (Å²) in [5.41, 5.74) is 0.0320. The molecule has 0 spiro atoms. The number of benzene rings is 1. The van der Waals surface area contributed by atoms with E-state index in [1.54, 1.807) is 6.07 Å². The van der Waals surface area contributed by atoms with Crippen molar-refractivity contribution < 1.29 is 14.6 Å². The van der Waals surface area contributed by atoms with Gasteiger partial charge in [0.1, 0.15) is 5.75 Å². The number of amides is 1. The van der Waals surface area contributed by atoms with Crippen LogP contribution < -0.4 is 5.32 Å². The normalized spacial score (nSPS) is 13.0. The Hall–Kier alpha value is 0.0900. The lowest BCUT2D eigenvalue weighted by atomic mass is 10.2. The van der Waals surface area contributed by atoms with Crippen LogP contribution >= 0.6 is 62.3 Å². The topological polar surface area (TPSA) is 58.6 Å². The van der Waals surface area contributed by atoms with Crippen molar-refractivity contribution in [2.45, 2.75) is 16.4 Å². The Morgan fingerprint density at radius 3 is 2.67 bits per heavy atom. The van der Waals surface area contributed by atoms with Gasteiger partial charge in [-0.1, -0.05) is 50.7 Å². The van der Waals surface area contributed by atoms with Crippen molar-refractivity contribution in [3.05, 3.63) is 28.2 Å². The number of hydrogen-bond acceptors (Lipinski definition) is 3. The van der Waals surface area contributed by atoms with Gasteiger partial charge in [-0.05, 0) is 24.6 Å². The molecule has 0 saturated heterocycles. The highest BCUT2D eigenvalue weighted by Crippen LogP contribution is 2.31. The first-order chi connectivity index (χ1) is 9.75. The highest BCUT2D eigenvalue weighted by molar-refractivity contribution is 9.10. The van der Waals surface area contributed by atoms with E-state index in [0.29, 0.717) is 16.8 Å². The fourth-order valence-electron chi connectivity index (χ4n) is 1.36. The van der Waals surface area contributed by atoms with Crippen LogP contribution in [0.4, 0.5) is 0 Å². The second-order valence-electron chi connectivity index (χ2n) is 3.97. The van der Waals surface area contributed by atoms with Gasteiger partial charge in [-0.15, -0.1) is 11.6 Å². The van der Waals surface area contributed by atoms with Gasteiger partial charge in [0.25, 0.3) is 5.91 Å². The van der Waals surface area contributed by atoms with Crippen LogP contribution in [0.2, 0.25) is 0 Å². The molecule has 1 amide bonds. The van der Waals surface area contributed by atoms with E-state index in [9.17, 15) is 9.90 Å². The fourth-order valence-corrected chi connectivity index (χ4v) is 2.18. The van der Waals surface area contributed by atoms with Crippen LogP contribution in [0, 0.1) is 0 Å². The molecule has 0 radical (unpaired) electrons. The molecule has 0 saturated carbocycles. The standard InChI is InChI=1S/C12H12BrCl4NO3/c13-7-2-3-9(19)8(6-7)10(20)18-11(12(15,16)17)21-5-1-4-14/h2-3,6,11,19H,1,4-5H2,(H,18,20). The highest BCUT2D eigenvalue weighted by Gasteiger charge is 2.35. The molecule has 0 aliphatic carbocycles. The zero-order valence-corrected chi connectivity index (χ0v) is 15.2. The van der Waals surface area contributed by atoms with Crippen molar-refractivity contribution in [2.75, 3.05) is 12.5 Å². The maximum Gasteiger partial charge on any atom is 0.257 e. The molecule has 1 aromatic carbocycles. The van der Waals surface area contributed by atoms with Crippen molar-refractivity contribution in [3.63, 3.8) is 0 Å². The monoisotopic (exact) mass is 437 g/mol. The average molecular weight is 440 g/mol. The van der Waals surface area contributed by atoms with E-state index in [-0.39, 0.29) is 17.9 Å². The lowest BCUT2D eigenvalue weighted by molar-refractivity contribution is 0.0304. The van der Waals surface area contributed by atoms with E-state index in [0.717, 1.165) is 0 Å². The van der Waals surface area contributed by atoms with E-state index in [1.807, 2.05) is 0 Å². The minimum absolute atomic E-state index is 0.0320. The highest BCUT2D eigenvalue weighted by atomic mass is 79.9. The fraction of sp³-hybridized carbons (Fsp3) is 0.417. The summed E-state index contributed by atoms with van der Waals surface area (Å²) in [6, 6.07) is 4.41. The maximum absolute atomic E-state index is 12.1. The smallest absolute Gasteiger partial charge is 0.257 e. The second-order valence-corrected chi connectivity index (χ2v) is 7.63. The van der Waals surface area contributed by atoms with E-state index < -0.39 is 15.9 Å². The molecular formula is C12H12BrCl4NO3. The van der Waals surface area contributed by atoms with Crippen LogP contribution in [-0.2, 0) is 4.74 Å². The number of alkyl halides is 4. The van der Waals surface area contributed by atoms with Gasteiger partial charge in [-0.2, -0.15) is 0 Å². The zero-order chi connectivity index (χ0) is 16.0. The first-order valence-electron chi connectivity index (χ1n) is 5.79. The van der Waals surface area contributed by atoms with Gasteiger partial charge in [0.15, 0.2) is 6.23 Å². The predicted octanol–water partition coefficient (Wildman–Crippen LogP) is 4.23. The molecule has 1 unspecified atom stereocenters. The van der Waals surface area contributed by atoms with Crippen LogP contribution in [0.5, 0.6) is 5.75 Å². The third-order valence-corrected chi connectivity index (χ3v) is 3.68. The van der Waals surface area contributed by atoms with Crippen molar-refractivity contribution in [1.82, 2.24) is 5.32 Å². The van der Waals surface area contributed by atoms with E-state index >= 15 is 0 Å². The van der Waals surface area contributed by atoms with Gasteiger partial charge >= 0.3 is 0 Å². The number of carbonyl (C=O) groups is 1. The molecule has 0 fully saturated rings. The first-order valence-corrected chi connectivity index (χ1v) is 8.25. The molecule has 1 rings (SSSR count). The zero-order valence-electron chi connectivity index (χ0n) is 10.6. The predicted molar refractivity (Wildman–Crippen MR) is 88.6 cm³/mol. The van der Waals surface area contributed by atoms with E-state index in [4.69, 9.17) is 51.1 Å². The van der Waals surface area contributed by atoms with E-state index in [2.05, 4.69) is 21.2 Å². The second kappa shape index (κ2) is 8.65. The Kier molecular flexibility index (Phi) is 7.88. The largest absolute Gasteiger partial charge is 0.507 e. The molecule has 0 aliphatic rings. The number of rotatable bonds is 6. The molecule has 0 aliphatic heterocycles. The molecule has 9 heteroatoms. The Morgan fingerprint density at radius 1 is 1.43 bits per heavy atom. The number of phenols is 1. The number of ether oxygens (including phenoxy) is 1. The van der Waals surface area contributed by atoms with Crippen LogP contribution in [0.3, 0.4) is 0 Å². The lowest BCUT2D eigenvalue weighted by Gasteiger charge is -2.25. The summed E-state index contributed by atoms with van der Waals surface area (Å²) in [6.07, 6.45) is -0.631. The SMILES string of the molecule is O=C(NC(OCCCCl)C(Cl)(Cl)Cl)c1cc(Br)ccc1O. The summed E-state index contributed by atoms with van der Waals surface area (Å²) in [6.45, 7) is 0.215. The van der Waals surface area contributed by atoms with Gasteiger partial charge in [-0.3, -0.25) is 4.79 Å². The summed E-state index contributed by atoms with van der Waals surface area (Å²) < 4.78 is 4.07. The third-order valence-electron chi connectivity index (χ3n) is 2.33. The summed E-state index contributed by atoms with van der Waals surface area (Å²) in [4.78, 5) is 12.1. The van der Waals surface area contributed by atoms with Gasteiger partial charge in [-0.25, -0.2) is 0 Å². The molecule has 4 nitrogen and oxygen atoms in total. The number of phenolic OH excluding ortho intramolecular Hbond substituents is 1. The minimum atomic E-state index is -1.86. The molecule has 0 bridgehead atoms. The van der Waals surface area contributed by atoms with Crippen LogP contribution in [0.25, 0.3) is 0 Å². The van der Waals surface area contributed by atoms with Crippen LogP contribution in [0.1, 0.15) is 16.8 Å². The Labute approximate surface area is 150 Å². The molecule has 21 heavy (non-hydrogen) atoms. The molecule has 0 heterocycles. The Bertz CT molecular complexity index is 496. The summed E-state index contributed by atoms with van der Waals surface area (Å²) in [7, 11) is 0. The first kappa shape index (κ1) is 19.1. The Balaban J connectivity index is 2.82. The number of halogens is 5. The number of aromatic hydroxyl groups is 1. The summed E-state index contributed by atoms with van der Waals surface area (Å²) in [5, 5.41) is 12.1. The third kappa shape index (κ3) is 6.38. The molecular weight excluding hydrogens is 428 g/mol. The maximum atomic E-state index is 12.1. The quantitative estimate of drug-likeness (QED) is 0.396. The van der Waals surface area contributed by atoms with E-state index in [1.165, 1.54) is 12.1 Å². The molecule has 118 valence electrons. The molecule has 2 N–H and O–H groups in total. The van der Waals surface area contributed by atoms with Crippen molar-refractivity contribution >= 4 is 68.2 Å². The van der Waals surface area contributed by atoms with Crippen molar-refractivity contribution in [1.29, 1.82) is 0 Å². The Morgan fingerprint density at radius 2 is 2.10 bits per heavy atom. The average Bonchev–Trinajstić information content (AvgIpc) is 2.39. The van der Waals surface area contributed by atoms with Gasteiger partial charge in [0.05, 0.1) is 12.2 Å².